The first-order chi connectivity index (χ1) is 14.3. The van der Waals surface area contributed by atoms with Crippen LogP contribution in [0.2, 0.25) is 0 Å². The van der Waals surface area contributed by atoms with Crippen LogP contribution in [0.3, 0.4) is 0 Å². The summed E-state index contributed by atoms with van der Waals surface area (Å²) in [5, 5.41) is 0. The maximum Gasteiger partial charge on any atom is 0.263 e. The number of hydrogen-bond donors (Lipinski definition) is 0. The average molecular weight is 414 g/mol. The molecular formula is C24H35N3O3. The van der Waals surface area contributed by atoms with Crippen LogP contribution in [0, 0.1) is 18.8 Å². The predicted octanol–water partition coefficient (Wildman–Crippen LogP) is 2.34. The molecule has 2 fully saturated rings. The van der Waals surface area contributed by atoms with Gasteiger partial charge in [-0.3, -0.25) is 9.59 Å². The molecular weight excluding hydrogens is 378 g/mol. The monoisotopic (exact) mass is 413 g/mol. The number of benzene rings is 1. The SMILES string of the molecule is Cc1cccc2c1OC(C(=O)N1CCC(CN(C)C(=O)[C@@H]3CCN(C)[C@@H]3C)CC1)C2. The van der Waals surface area contributed by atoms with E-state index in [0.29, 0.717) is 18.4 Å². The highest BCUT2D eigenvalue weighted by Gasteiger charge is 2.37. The summed E-state index contributed by atoms with van der Waals surface area (Å²) in [4.78, 5) is 32.0. The van der Waals surface area contributed by atoms with E-state index in [2.05, 4.69) is 24.9 Å². The third-order valence-electron chi connectivity index (χ3n) is 7.46. The van der Waals surface area contributed by atoms with E-state index >= 15 is 0 Å². The lowest BCUT2D eigenvalue weighted by Gasteiger charge is -2.35. The van der Waals surface area contributed by atoms with Crippen molar-refractivity contribution in [3.63, 3.8) is 0 Å². The fourth-order valence-electron chi connectivity index (χ4n) is 5.29. The van der Waals surface area contributed by atoms with E-state index in [0.717, 1.165) is 62.3 Å². The van der Waals surface area contributed by atoms with Gasteiger partial charge in [0, 0.05) is 39.1 Å². The van der Waals surface area contributed by atoms with Gasteiger partial charge >= 0.3 is 0 Å². The van der Waals surface area contributed by atoms with Crippen LogP contribution in [-0.4, -0.2) is 78.9 Å². The van der Waals surface area contributed by atoms with Gasteiger partial charge in [0.2, 0.25) is 5.91 Å². The molecule has 3 heterocycles. The number of carbonyl (C=O) groups is 2. The molecule has 2 saturated heterocycles. The summed E-state index contributed by atoms with van der Waals surface area (Å²) in [6.07, 6.45) is 3.13. The topological polar surface area (TPSA) is 53.1 Å². The lowest BCUT2D eigenvalue weighted by molar-refractivity contribution is -0.140. The van der Waals surface area contributed by atoms with Gasteiger partial charge in [0.15, 0.2) is 6.10 Å². The van der Waals surface area contributed by atoms with Gasteiger partial charge in [-0.1, -0.05) is 18.2 Å². The van der Waals surface area contributed by atoms with Crippen molar-refractivity contribution in [2.75, 3.05) is 40.3 Å². The number of fused-ring (bicyclic) bond motifs is 1. The Morgan fingerprint density at radius 1 is 1.17 bits per heavy atom. The smallest absolute Gasteiger partial charge is 0.263 e. The van der Waals surface area contributed by atoms with Crippen LogP contribution in [0.1, 0.15) is 37.3 Å². The van der Waals surface area contributed by atoms with Gasteiger partial charge in [-0.15, -0.1) is 0 Å². The lowest BCUT2D eigenvalue weighted by Crippen LogP contribution is -2.47. The molecule has 0 aromatic heterocycles. The Hall–Kier alpha value is -2.08. The Morgan fingerprint density at radius 2 is 1.90 bits per heavy atom. The summed E-state index contributed by atoms with van der Waals surface area (Å²) in [6, 6.07) is 6.42. The number of nitrogens with zero attached hydrogens (tertiary/aromatic N) is 3. The maximum absolute atomic E-state index is 13.0. The highest BCUT2D eigenvalue weighted by atomic mass is 16.5. The summed E-state index contributed by atoms with van der Waals surface area (Å²) < 4.78 is 6.00. The van der Waals surface area contributed by atoms with E-state index in [1.54, 1.807) is 0 Å². The van der Waals surface area contributed by atoms with E-state index < -0.39 is 0 Å². The van der Waals surface area contributed by atoms with Crippen LogP contribution in [0.15, 0.2) is 18.2 Å². The van der Waals surface area contributed by atoms with Gasteiger partial charge in [-0.05, 0) is 63.7 Å². The van der Waals surface area contributed by atoms with Crippen molar-refractivity contribution in [3.8, 4) is 5.75 Å². The molecule has 30 heavy (non-hydrogen) atoms. The molecule has 3 aliphatic rings. The minimum atomic E-state index is -0.386. The molecule has 0 bridgehead atoms. The summed E-state index contributed by atoms with van der Waals surface area (Å²) in [6.45, 7) is 7.47. The second-order valence-corrected chi connectivity index (χ2v) is 9.48. The van der Waals surface area contributed by atoms with Crippen molar-refractivity contribution in [2.24, 2.45) is 11.8 Å². The minimum absolute atomic E-state index is 0.108. The molecule has 1 aromatic rings. The first-order valence-electron chi connectivity index (χ1n) is 11.3. The number of piperidine rings is 1. The molecule has 6 heteroatoms. The summed E-state index contributed by atoms with van der Waals surface area (Å²) in [7, 11) is 4.04. The Labute approximate surface area is 180 Å². The average Bonchev–Trinajstić information content (AvgIpc) is 3.32. The molecule has 3 aliphatic heterocycles. The van der Waals surface area contributed by atoms with E-state index in [1.807, 2.05) is 35.9 Å². The number of para-hydroxylation sites is 1. The zero-order valence-corrected chi connectivity index (χ0v) is 18.8. The largest absolute Gasteiger partial charge is 0.480 e. The quantitative estimate of drug-likeness (QED) is 0.760. The maximum atomic E-state index is 13.0. The van der Waals surface area contributed by atoms with E-state index in [1.165, 1.54) is 0 Å². The van der Waals surface area contributed by atoms with Crippen LogP contribution >= 0.6 is 0 Å². The normalized spacial score (nSPS) is 27.1. The van der Waals surface area contributed by atoms with Crippen LogP contribution in [0.5, 0.6) is 5.75 Å². The van der Waals surface area contributed by atoms with Crippen molar-refractivity contribution in [1.29, 1.82) is 0 Å². The molecule has 6 nitrogen and oxygen atoms in total. The third-order valence-corrected chi connectivity index (χ3v) is 7.46. The second kappa shape index (κ2) is 8.58. The molecule has 2 amide bonds. The Morgan fingerprint density at radius 3 is 2.53 bits per heavy atom. The number of ether oxygens (including phenoxy) is 1. The standard InChI is InChI=1S/C24H35N3O3/c1-16-6-5-7-19-14-21(30-22(16)19)24(29)27-12-8-18(9-13-27)15-26(4)23(28)20-10-11-25(3)17(20)2/h5-7,17-18,20-21H,8-15H2,1-4H3/t17-,20-,21?/m1/s1. The minimum Gasteiger partial charge on any atom is -0.480 e. The predicted molar refractivity (Wildman–Crippen MR) is 116 cm³/mol. The molecule has 4 rings (SSSR count). The second-order valence-electron chi connectivity index (χ2n) is 9.48. The highest BCUT2D eigenvalue weighted by Crippen LogP contribution is 2.33. The van der Waals surface area contributed by atoms with Gasteiger partial charge in [-0.25, -0.2) is 0 Å². The van der Waals surface area contributed by atoms with Crippen LogP contribution in [-0.2, 0) is 16.0 Å². The zero-order valence-electron chi connectivity index (χ0n) is 18.8. The summed E-state index contributed by atoms with van der Waals surface area (Å²) in [5.74, 6) is 1.85. The number of aryl methyl sites for hydroxylation is 1. The van der Waals surface area contributed by atoms with Gasteiger partial charge in [-0.2, -0.15) is 0 Å². The van der Waals surface area contributed by atoms with Crippen LogP contribution in [0.25, 0.3) is 0 Å². The number of carbonyl (C=O) groups excluding carboxylic acids is 2. The lowest BCUT2D eigenvalue weighted by atomic mass is 9.94. The Bertz CT molecular complexity index is 803. The number of rotatable bonds is 4. The molecule has 0 spiro atoms. The number of hydrogen-bond acceptors (Lipinski definition) is 4. The van der Waals surface area contributed by atoms with Gasteiger partial charge in [0.25, 0.3) is 5.91 Å². The molecule has 0 radical (unpaired) electrons. The zero-order chi connectivity index (χ0) is 21.4. The summed E-state index contributed by atoms with van der Waals surface area (Å²) >= 11 is 0. The van der Waals surface area contributed by atoms with Gasteiger partial charge in [0.05, 0.1) is 5.92 Å². The van der Waals surface area contributed by atoms with Crippen molar-refractivity contribution in [3.05, 3.63) is 29.3 Å². The van der Waals surface area contributed by atoms with E-state index in [-0.39, 0.29) is 23.8 Å². The van der Waals surface area contributed by atoms with Crippen LogP contribution in [0.4, 0.5) is 0 Å². The number of amides is 2. The molecule has 1 aromatic carbocycles. The Balaban J connectivity index is 1.26. The van der Waals surface area contributed by atoms with Gasteiger partial charge in [0.1, 0.15) is 5.75 Å². The first kappa shape index (κ1) is 21.2. The molecule has 0 aliphatic carbocycles. The highest BCUT2D eigenvalue weighted by molar-refractivity contribution is 5.83. The first-order valence-corrected chi connectivity index (χ1v) is 11.3. The number of likely N-dealkylation sites (tertiary alicyclic amines) is 2. The van der Waals surface area contributed by atoms with Crippen LogP contribution < -0.4 is 4.74 Å². The molecule has 0 N–H and O–H groups in total. The van der Waals surface area contributed by atoms with Crippen molar-refractivity contribution >= 4 is 11.8 Å². The van der Waals surface area contributed by atoms with Gasteiger partial charge < -0.3 is 19.4 Å². The molecule has 1 unspecified atom stereocenters. The van der Waals surface area contributed by atoms with Crippen molar-refractivity contribution in [1.82, 2.24) is 14.7 Å². The van der Waals surface area contributed by atoms with E-state index in [4.69, 9.17) is 4.74 Å². The fraction of sp³-hybridized carbons (Fsp3) is 0.667. The van der Waals surface area contributed by atoms with Crippen molar-refractivity contribution < 1.29 is 14.3 Å². The molecule has 164 valence electrons. The Kier molecular flexibility index (Phi) is 6.05. The third kappa shape index (κ3) is 4.07. The molecule has 3 atom stereocenters. The van der Waals surface area contributed by atoms with E-state index in [9.17, 15) is 9.59 Å². The molecule has 0 saturated carbocycles. The fourth-order valence-corrected chi connectivity index (χ4v) is 5.29. The summed E-state index contributed by atoms with van der Waals surface area (Å²) in [5.41, 5.74) is 2.23. The van der Waals surface area contributed by atoms with Crippen molar-refractivity contribution in [2.45, 2.75) is 51.7 Å².